The molecule has 2 aromatic carbocycles. The van der Waals surface area contributed by atoms with Gasteiger partial charge >= 0.3 is 5.97 Å². The summed E-state index contributed by atoms with van der Waals surface area (Å²) in [5.41, 5.74) is 5.33. The van der Waals surface area contributed by atoms with Crippen molar-refractivity contribution in [2.75, 3.05) is 13.1 Å². The van der Waals surface area contributed by atoms with Crippen LogP contribution in [0.1, 0.15) is 78.2 Å². The minimum Gasteiger partial charge on any atom is -0.481 e. The van der Waals surface area contributed by atoms with Crippen LogP contribution in [0.2, 0.25) is 0 Å². The van der Waals surface area contributed by atoms with E-state index in [9.17, 15) is 19.5 Å². The van der Waals surface area contributed by atoms with Crippen molar-refractivity contribution in [1.29, 1.82) is 0 Å². The van der Waals surface area contributed by atoms with E-state index in [1.54, 1.807) is 0 Å². The molecule has 0 aromatic heterocycles. The van der Waals surface area contributed by atoms with Crippen LogP contribution in [0.15, 0.2) is 42.5 Å². The Balaban J connectivity index is 1.42. The maximum atomic E-state index is 13.9. The van der Waals surface area contributed by atoms with Gasteiger partial charge in [0, 0.05) is 25.2 Å². The molecule has 3 atom stereocenters. The number of nitrogens with zero attached hydrogens (tertiary/aromatic N) is 2. The van der Waals surface area contributed by atoms with E-state index in [4.69, 9.17) is 0 Å². The summed E-state index contributed by atoms with van der Waals surface area (Å²) in [6, 6.07) is 14.1. The third-order valence-corrected chi connectivity index (χ3v) is 8.18. The zero-order valence-electron chi connectivity index (χ0n) is 21.3. The zero-order valence-corrected chi connectivity index (χ0v) is 21.3. The molecule has 36 heavy (non-hydrogen) atoms. The second kappa shape index (κ2) is 10.1. The van der Waals surface area contributed by atoms with E-state index in [1.807, 2.05) is 28.0 Å². The van der Waals surface area contributed by atoms with E-state index in [-0.39, 0.29) is 17.9 Å². The third kappa shape index (κ3) is 4.65. The number of fused-ring (bicyclic) bond motifs is 2. The van der Waals surface area contributed by atoms with Gasteiger partial charge in [-0.3, -0.25) is 14.4 Å². The lowest BCUT2D eigenvalue weighted by Crippen LogP contribution is -2.49. The number of amides is 2. The van der Waals surface area contributed by atoms with E-state index in [0.29, 0.717) is 38.4 Å². The molecule has 2 aromatic rings. The Labute approximate surface area is 213 Å². The highest BCUT2D eigenvalue weighted by atomic mass is 16.4. The quantitative estimate of drug-likeness (QED) is 0.630. The van der Waals surface area contributed by atoms with Crippen LogP contribution in [-0.4, -0.2) is 45.8 Å². The summed E-state index contributed by atoms with van der Waals surface area (Å²) in [5.74, 6) is -1.49. The highest BCUT2D eigenvalue weighted by Crippen LogP contribution is 2.38. The van der Waals surface area contributed by atoms with Gasteiger partial charge in [0.05, 0.1) is 17.9 Å². The van der Waals surface area contributed by atoms with E-state index >= 15 is 0 Å². The van der Waals surface area contributed by atoms with Crippen LogP contribution in [0, 0.1) is 17.8 Å². The Morgan fingerprint density at radius 1 is 1.03 bits per heavy atom. The van der Waals surface area contributed by atoms with E-state index < -0.39 is 17.8 Å². The molecule has 0 unspecified atom stereocenters. The zero-order chi connectivity index (χ0) is 25.4. The first-order chi connectivity index (χ1) is 17.3. The molecular formula is C30H36N2O4. The van der Waals surface area contributed by atoms with Gasteiger partial charge in [-0.25, -0.2) is 0 Å². The molecule has 3 aliphatic rings. The summed E-state index contributed by atoms with van der Waals surface area (Å²) < 4.78 is 0. The van der Waals surface area contributed by atoms with E-state index in [2.05, 4.69) is 38.1 Å². The van der Waals surface area contributed by atoms with Gasteiger partial charge in [0.25, 0.3) is 5.91 Å². The predicted molar refractivity (Wildman–Crippen MR) is 137 cm³/mol. The minimum absolute atomic E-state index is 0.0117. The van der Waals surface area contributed by atoms with E-state index in [1.165, 1.54) is 11.1 Å². The number of hydrogen-bond donors (Lipinski definition) is 1. The first-order valence-electron chi connectivity index (χ1n) is 13.4. The average Bonchev–Trinajstić information content (AvgIpc) is 3.17. The lowest BCUT2D eigenvalue weighted by atomic mass is 9.77. The average molecular weight is 489 g/mol. The second-order valence-corrected chi connectivity index (χ2v) is 11.1. The second-order valence-electron chi connectivity index (χ2n) is 11.1. The Kier molecular flexibility index (Phi) is 6.87. The molecule has 0 radical (unpaired) electrons. The Bertz CT molecular complexity index is 1170. The first kappa shape index (κ1) is 24.5. The molecule has 6 heteroatoms. The van der Waals surface area contributed by atoms with Crippen molar-refractivity contribution in [1.82, 2.24) is 9.80 Å². The minimum atomic E-state index is -0.871. The fourth-order valence-corrected chi connectivity index (χ4v) is 6.44. The van der Waals surface area contributed by atoms with Crippen molar-refractivity contribution in [3.05, 3.63) is 70.3 Å². The van der Waals surface area contributed by atoms with Gasteiger partial charge in [-0.15, -0.1) is 0 Å². The molecule has 190 valence electrons. The van der Waals surface area contributed by atoms with Gasteiger partial charge in [-0.2, -0.15) is 0 Å². The summed E-state index contributed by atoms with van der Waals surface area (Å²) >= 11 is 0. The van der Waals surface area contributed by atoms with Crippen molar-refractivity contribution < 1.29 is 19.5 Å². The van der Waals surface area contributed by atoms with Crippen molar-refractivity contribution in [2.45, 2.75) is 65.0 Å². The van der Waals surface area contributed by atoms with Crippen molar-refractivity contribution in [3.63, 3.8) is 0 Å². The molecule has 2 heterocycles. The SMILES string of the molecule is CC(C)Cc1ccc2c(c1)CN(C[C@@H]1c3ccccc3CCN1C(=O)[C@@H]1CCCC[C@@H]1C(=O)O)C2=O. The standard InChI is InChI=1S/C30H36N2O4/c1-19(2)15-20-11-12-24-22(16-20)17-31(28(24)33)18-27-23-8-4-3-7-21(23)13-14-32(27)29(34)25-9-5-6-10-26(25)30(35)36/h3-4,7-8,11-12,16,19,25-27H,5-6,9-10,13-15,17-18H2,1-2H3,(H,35,36)/t25-,26+,27-/m1/s1. The number of benzene rings is 2. The van der Waals surface area contributed by atoms with Gasteiger partial charge in [0.1, 0.15) is 0 Å². The lowest BCUT2D eigenvalue weighted by molar-refractivity contribution is -0.153. The lowest BCUT2D eigenvalue weighted by Gasteiger charge is -2.42. The van der Waals surface area contributed by atoms with Crippen LogP contribution < -0.4 is 0 Å². The number of rotatable bonds is 6. The summed E-state index contributed by atoms with van der Waals surface area (Å²) in [5, 5.41) is 9.80. The molecule has 2 aliphatic heterocycles. The number of carboxylic acids is 1. The highest BCUT2D eigenvalue weighted by Gasteiger charge is 2.42. The summed E-state index contributed by atoms with van der Waals surface area (Å²) in [7, 11) is 0. The topological polar surface area (TPSA) is 77.9 Å². The van der Waals surface area contributed by atoms with Crippen LogP contribution in [0.3, 0.4) is 0 Å². The van der Waals surface area contributed by atoms with Crippen LogP contribution in [-0.2, 0) is 29.0 Å². The summed E-state index contributed by atoms with van der Waals surface area (Å²) in [6.07, 6.45) is 4.63. The number of carbonyl (C=O) groups excluding carboxylic acids is 2. The van der Waals surface area contributed by atoms with Crippen molar-refractivity contribution >= 4 is 17.8 Å². The van der Waals surface area contributed by atoms with Crippen molar-refractivity contribution in [3.8, 4) is 0 Å². The van der Waals surface area contributed by atoms with Crippen LogP contribution in [0.25, 0.3) is 0 Å². The molecule has 5 rings (SSSR count). The fourth-order valence-electron chi connectivity index (χ4n) is 6.44. The Hall–Kier alpha value is -3.15. The number of carbonyl (C=O) groups is 3. The highest BCUT2D eigenvalue weighted by molar-refractivity contribution is 5.98. The molecule has 1 aliphatic carbocycles. The normalized spacial score (nSPS) is 23.5. The molecule has 1 fully saturated rings. The summed E-state index contributed by atoms with van der Waals surface area (Å²) in [4.78, 5) is 42.9. The van der Waals surface area contributed by atoms with Gasteiger partial charge in [0.2, 0.25) is 5.91 Å². The molecule has 0 spiro atoms. The summed E-state index contributed by atoms with van der Waals surface area (Å²) in [6.45, 7) is 5.90. The number of aliphatic carboxylic acids is 1. The predicted octanol–water partition coefficient (Wildman–Crippen LogP) is 4.86. The Morgan fingerprint density at radius 3 is 2.53 bits per heavy atom. The fraction of sp³-hybridized carbons (Fsp3) is 0.500. The molecule has 0 bridgehead atoms. The van der Waals surface area contributed by atoms with Gasteiger partial charge < -0.3 is 14.9 Å². The largest absolute Gasteiger partial charge is 0.481 e. The maximum Gasteiger partial charge on any atom is 0.307 e. The molecular weight excluding hydrogens is 452 g/mol. The Morgan fingerprint density at radius 2 is 1.78 bits per heavy atom. The van der Waals surface area contributed by atoms with Crippen LogP contribution in [0.4, 0.5) is 0 Å². The maximum absolute atomic E-state index is 13.9. The third-order valence-electron chi connectivity index (χ3n) is 8.18. The molecule has 1 saturated carbocycles. The van der Waals surface area contributed by atoms with Crippen molar-refractivity contribution in [2.24, 2.45) is 17.8 Å². The molecule has 2 amide bonds. The molecule has 6 nitrogen and oxygen atoms in total. The van der Waals surface area contributed by atoms with Gasteiger partial charge in [0.15, 0.2) is 0 Å². The first-order valence-corrected chi connectivity index (χ1v) is 13.4. The van der Waals surface area contributed by atoms with Gasteiger partial charge in [-0.1, -0.05) is 63.1 Å². The monoisotopic (exact) mass is 488 g/mol. The molecule has 1 N–H and O–H groups in total. The van der Waals surface area contributed by atoms with E-state index in [0.717, 1.165) is 42.4 Å². The van der Waals surface area contributed by atoms with Crippen LogP contribution >= 0.6 is 0 Å². The number of carboxylic acid groups (broad SMARTS) is 1. The number of hydrogen-bond acceptors (Lipinski definition) is 3. The van der Waals surface area contributed by atoms with Crippen LogP contribution in [0.5, 0.6) is 0 Å². The molecule has 0 saturated heterocycles. The van der Waals surface area contributed by atoms with Gasteiger partial charge in [-0.05, 0) is 59.9 Å². The smallest absolute Gasteiger partial charge is 0.307 e.